The quantitative estimate of drug-likeness (QED) is 0.0573. The van der Waals surface area contributed by atoms with Crippen LogP contribution in [0.5, 0.6) is 0 Å². The molecule has 0 N–H and O–H groups in total. The number of hydrogen-bond donors (Lipinski definition) is 0. The van der Waals surface area contributed by atoms with Crippen LogP contribution in [0.1, 0.15) is 297 Å². The van der Waals surface area contributed by atoms with Gasteiger partial charge in [0.05, 0.1) is 0 Å². The molecule has 0 aromatic carbocycles. The van der Waals surface area contributed by atoms with Gasteiger partial charge in [-0.3, -0.25) is 9.59 Å². The lowest BCUT2D eigenvalue weighted by molar-refractivity contribution is -0.132. The van der Waals surface area contributed by atoms with Crippen molar-refractivity contribution in [2.24, 2.45) is 0 Å². The molecule has 358 valence electrons. The Morgan fingerprint density at radius 3 is 0.667 bits per heavy atom. The van der Waals surface area contributed by atoms with E-state index in [0.29, 0.717) is 11.8 Å². The smallest absolute Gasteiger partial charge is 0.222 e. The van der Waals surface area contributed by atoms with Gasteiger partial charge in [-0.05, 0) is 71.5 Å². The van der Waals surface area contributed by atoms with Gasteiger partial charge < -0.3 is 14.7 Å². The number of carbonyl (C=O) groups is 2. The van der Waals surface area contributed by atoms with Gasteiger partial charge >= 0.3 is 0 Å². The zero-order valence-electron chi connectivity index (χ0n) is 42.1. The second kappa shape index (κ2) is 48.9. The standard InChI is InChI=1S/C55H111N3O2/c1-6-10-14-18-22-26-36-44-52-58(53-45-37-27-23-19-15-11-7-2)55(60)47-39-31-29-33-41-49-56(5)48-40-32-28-30-38-46-54(59)57(50-42-34-24-20-16-12-8-3)51-43-35-25-21-17-13-9-4/h6-53H2,1-5H3. The molecule has 0 saturated carbocycles. The van der Waals surface area contributed by atoms with Crippen molar-refractivity contribution in [3.63, 3.8) is 0 Å². The van der Waals surface area contributed by atoms with Gasteiger partial charge in [-0.15, -0.1) is 0 Å². The summed E-state index contributed by atoms with van der Waals surface area (Å²) in [5.74, 6) is 0.843. The zero-order valence-corrected chi connectivity index (χ0v) is 42.1. The molecule has 0 radical (unpaired) electrons. The molecule has 0 bridgehead atoms. The Kier molecular flexibility index (Phi) is 48.0. The first-order valence-electron chi connectivity index (χ1n) is 27.7. The summed E-state index contributed by atoms with van der Waals surface area (Å²) in [6.45, 7) is 15.4. The number of hydrogen-bond acceptors (Lipinski definition) is 3. The van der Waals surface area contributed by atoms with E-state index in [1.165, 1.54) is 257 Å². The Bertz CT molecular complexity index is 827. The van der Waals surface area contributed by atoms with Gasteiger partial charge in [-0.1, -0.05) is 233 Å². The van der Waals surface area contributed by atoms with Crippen LogP contribution >= 0.6 is 0 Å². The highest BCUT2D eigenvalue weighted by atomic mass is 16.2. The normalized spacial score (nSPS) is 11.6. The van der Waals surface area contributed by atoms with Crippen molar-refractivity contribution in [2.45, 2.75) is 297 Å². The molecule has 0 rings (SSSR count). The van der Waals surface area contributed by atoms with E-state index in [1.54, 1.807) is 0 Å². The average molecular weight is 847 g/mol. The second-order valence-electron chi connectivity index (χ2n) is 19.3. The Morgan fingerprint density at radius 2 is 0.433 bits per heavy atom. The zero-order chi connectivity index (χ0) is 43.8. The van der Waals surface area contributed by atoms with Gasteiger partial charge in [0, 0.05) is 39.0 Å². The largest absolute Gasteiger partial charge is 0.343 e. The van der Waals surface area contributed by atoms with Crippen LogP contribution < -0.4 is 0 Å². The Balaban J connectivity index is 4.19. The minimum Gasteiger partial charge on any atom is -0.343 e. The minimum atomic E-state index is 0.420. The highest BCUT2D eigenvalue weighted by molar-refractivity contribution is 5.76. The van der Waals surface area contributed by atoms with Crippen LogP contribution in [0.25, 0.3) is 0 Å². The monoisotopic (exact) mass is 846 g/mol. The van der Waals surface area contributed by atoms with Crippen molar-refractivity contribution in [1.82, 2.24) is 14.7 Å². The average Bonchev–Trinajstić information content (AvgIpc) is 3.25. The molecule has 0 heterocycles. The lowest BCUT2D eigenvalue weighted by Gasteiger charge is -2.23. The molecule has 0 fully saturated rings. The van der Waals surface area contributed by atoms with E-state index in [0.717, 1.165) is 51.9 Å². The molecular formula is C55H111N3O2. The minimum absolute atomic E-state index is 0.420. The molecular weight excluding hydrogens is 735 g/mol. The number of unbranched alkanes of at least 4 members (excludes halogenated alkanes) is 34. The van der Waals surface area contributed by atoms with E-state index >= 15 is 0 Å². The molecule has 0 spiro atoms. The molecule has 5 nitrogen and oxygen atoms in total. The molecule has 0 saturated heterocycles. The van der Waals surface area contributed by atoms with Gasteiger partial charge in [0.15, 0.2) is 0 Å². The first-order chi connectivity index (χ1) is 29.5. The fourth-order valence-electron chi connectivity index (χ4n) is 8.92. The fraction of sp³-hybridized carbons (Fsp3) is 0.964. The Hall–Kier alpha value is -1.10. The van der Waals surface area contributed by atoms with Crippen LogP contribution in [0, 0.1) is 0 Å². The van der Waals surface area contributed by atoms with Crippen molar-refractivity contribution in [1.29, 1.82) is 0 Å². The van der Waals surface area contributed by atoms with E-state index in [1.807, 2.05) is 0 Å². The van der Waals surface area contributed by atoms with Crippen LogP contribution in [0.15, 0.2) is 0 Å². The molecule has 60 heavy (non-hydrogen) atoms. The van der Waals surface area contributed by atoms with Crippen LogP contribution in [0.3, 0.4) is 0 Å². The van der Waals surface area contributed by atoms with Gasteiger partial charge in [0.25, 0.3) is 0 Å². The summed E-state index contributed by atoms with van der Waals surface area (Å²) in [6.07, 6.45) is 53.2. The maximum atomic E-state index is 13.3. The second-order valence-corrected chi connectivity index (χ2v) is 19.3. The number of nitrogens with zero attached hydrogens (tertiary/aromatic N) is 3. The summed E-state index contributed by atoms with van der Waals surface area (Å²) < 4.78 is 0. The van der Waals surface area contributed by atoms with Gasteiger partial charge in [-0.25, -0.2) is 0 Å². The van der Waals surface area contributed by atoms with Crippen molar-refractivity contribution in [3.05, 3.63) is 0 Å². The number of rotatable bonds is 50. The lowest BCUT2D eigenvalue weighted by Crippen LogP contribution is -2.32. The highest BCUT2D eigenvalue weighted by Gasteiger charge is 2.14. The van der Waals surface area contributed by atoms with E-state index in [4.69, 9.17) is 0 Å². The molecule has 2 amide bonds. The van der Waals surface area contributed by atoms with Crippen molar-refractivity contribution in [3.8, 4) is 0 Å². The van der Waals surface area contributed by atoms with Gasteiger partial charge in [-0.2, -0.15) is 0 Å². The number of amides is 2. The molecule has 0 aliphatic carbocycles. The van der Waals surface area contributed by atoms with Crippen LogP contribution in [0.2, 0.25) is 0 Å². The van der Waals surface area contributed by atoms with Crippen LogP contribution in [-0.4, -0.2) is 72.8 Å². The summed E-state index contributed by atoms with van der Waals surface area (Å²) >= 11 is 0. The molecule has 0 aromatic rings. The van der Waals surface area contributed by atoms with E-state index in [-0.39, 0.29) is 0 Å². The molecule has 0 unspecified atom stereocenters. The predicted molar refractivity (Wildman–Crippen MR) is 267 cm³/mol. The van der Waals surface area contributed by atoms with E-state index < -0.39 is 0 Å². The van der Waals surface area contributed by atoms with Crippen molar-refractivity contribution < 1.29 is 9.59 Å². The van der Waals surface area contributed by atoms with Crippen molar-refractivity contribution in [2.75, 3.05) is 46.3 Å². The topological polar surface area (TPSA) is 43.9 Å². The third-order valence-corrected chi connectivity index (χ3v) is 13.2. The summed E-state index contributed by atoms with van der Waals surface area (Å²) in [5, 5.41) is 0. The van der Waals surface area contributed by atoms with Gasteiger partial charge in [0.2, 0.25) is 11.8 Å². The van der Waals surface area contributed by atoms with Crippen LogP contribution in [0.4, 0.5) is 0 Å². The number of carbonyl (C=O) groups excluding carboxylic acids is 2. The van der Waals surface area contributed by atoms with E-state index in [2.05, 4.69) is 49.4 Å². The molecule has 0 atom stereocenters. The molecule has 5 heteroatoms. The Labute approximate surface area is 378 Å². The first-order valence-corrected chi connectivity index (χ1v) is 27.7. The van der Waals surface area contributed by atoms with Gasteiger partial charge in [0.1, 0.15) is 0 Å². The summed E-state index contributed by atoms with van der Waals surface area (Å²) in [4.78, 5) is 33.5. The van der Waals surface area contributed by atoms with Crippen LogP contribution in [-0.2, 0) is 9.59 Å². The maximum Gasteiger partial charge on any atom is 0.222 e. The first kappa shape index (κ1) is 58.9. The van der Waals surface area contributed by atoms with Crippen molar-refractivity contribution >= 4 is 11.8 Å². The highest BCUT2D eigenvalue weighted by Crippen LogP contribution is 2.16. The molecule has 0 aliphatic rings. The summed E-state index contributed by atoms with van der Waals surface area (Å²) in [7, 11) is 2.29. The Morgan fingerprint density at radius 1 is 0.250 bits per heavy atom. The fourth-order valence-corrected chi connectivity index (χ4v) is 8.92. The SMILES string of the molecule is CCCCCCCCCCN(CCCCCCCCCC)C(=O)CCCCCCCN(C)CCCCCCCC(=O)N(CCCCCCCCC)CCCCCCCCC. The maximum absolute atomic E-state index is 13.3. The predicted octanol–water partition coefficient (Wildman–Crippen LogP) is 17.0. The third kappa shape index (κ3) is 42.2. The summed E-state index contributed by atoms with van der Waals surface area (Å²) in [6, 6.07) is 0. The molecule has 0 aliphatic heterocycles. The third-order valence-electron chi connectivity index (χ3n) is 13.2. The lowest BCUT2D eigenvalue weighted by atomic mass is 10.1. The summed E-state index contributed by atoms with van der Waals surface area (Å²) in [5.41, 5.74) is 0. The molecule has 0 aromatic heterocycles. The van der Waals surface area contributed by atoms with E-state index in [9.17, 15) is 9.59 Å².